The first-order chi connectivity index (χ1) is 17.4. The summed E-state index contributed by atoms with van der Waals surface area (Å²) < 4.78 is 28.5. The molecule has 1 atom stereocenters. The number of nitrogen functional groups attached to an aromatic ring is 1. The van der Waals surface area contributed by atoms with E-state index >= 15 is 0 Å². The summed E-state index contributed by atoms with van der Waals surface area (Å²) in [7, 11) is -4.63. The summed E-state index contributed by atoms with van der Waals surface area (Å²) in [6, 6.07) is 13.0. The number of phosphoric ester groups is 1. The zero-order valence-electron chi connectivity index (χ0n) is 19.2. The molecule has 186 valence electrons. The van der Waals surface area contributed by atoms with Crippen molar-refractivity contribution >= 4 is 13.6 Å². The Morgan fingerprint density at radius 1 is 1.19 bits per heavy atom. The molecule has 4 heterocycles. The standard InChI is InChI=1S/C24H24N5O6P/c25-24-19(6-3-11-29(24)15-33-36(30,31)32)21-13-18(28-35-21)12-16-8-9-22(27-14-16)34-20-7-1-4-17-5-2-10-26-23(17)20/h2-3,5-6,8-11,13-14,20,25H,1,4,7,12,15H2,(H2,30,31,32)/p+1. The molecule has 0 amide bonds. The zero-order valence-corrected chi connectivity index (χ0v) is 20.1. The molecule has 0 spiro atoms. The van der Waals surface area contributed by atoms with Crippen LogP contribution in [0.4, 0.5) is 5.82 Å². The van der Waals surface area contributed by atoms with Crippen LogP contribution >= 0.6 is 7.82 Å². The van der Waals surface area contributed by atoms with Crippen LogP contribution in [0.1, 0.15) is 41.5 Å². The summed E-state index contributed by atoms with van der Waals surface area (Å²) in [4.78, 5) is 26.8. The molecule has 4 N–H and O–H groups in total. The first-order valence-electron chi connectivity index (χ1n) is 11.3. The number of fused-ring (bicyclic) bond motifs is 1. The highest BCUT2D eigenvalue weighted by atomic mass is 31.2. The predicted molar refractivity (Wildman–Crippen MR) is 127 cm³/mol. The van der Waals surface area contributed by atoms with Crippen molar-refractivity contribution in [1.29, 1.82) is 0 Å². The van der Waals surface area contributed by atoms with E-state index in [1.54, 1.807) is 36.8 Å². The first kappa shape index (κ1) is 24.1. The lowest BCUT2D eigenvalue weighted by Gasteiger charge is -2.24. The number of anilines is 1. The Morgan fingerprint density at radius 3 is 2.89 bits per heavy atom. The number of nitrogens with two attached hydrogens (primary N) is 1. The maximum Gasteiger partial charge on any atom is 0.472 e. The molecule has 0 aromatic carbocycles. The first-order valence-corrected chi connectivity index (χ1v) is 12.9. The fourth-order valence-corrected chi connectivity index (χ4v) is 4.44. The second kappa shape index (κ2) is 10.2. The van der Waals surface area contributed by atoms with E-state index in [9.17, 15) is 4.57 Å². The molecule has 36 heavy (non-hydrogen) atoms. The van der Waals surface area contributed by atoms with Gasteiger partial charge in [-0.2, -0.15) is 0 Å². The summed E-state index contributed by atoms with van der Waals surface area (Å²) in [5.74, 6) is 1.18. The van der Waals surface area contributed by atoms with Gasteiger partial charge in [0.15, 0.2) is 5.76 Å². The van der Waals surface area contributed by atoms with E-state index in [1.807, 2.05) is 18.2 Å². The van der Waals surface area contributed by atoms with E-state index < -0.39 is 14.6 Å². The Kier molecular flexibility index (Phi) is 6.80. The summed E-state index contributed by atoms with van der Waals surface area (Å²) in [6.45, 7) is -0.409. The molecule has 0 aliphatic heterocycles. The van der Waals surface area contributed by atoms with Crippen LogP contribution in [0.3, 0.4) is 0 Å². The van der Waals surface area contributed by atoms with Gasteiger partial charge in [0.1, 0.15) is 11.7 Å². The Balaban J connectivity index is 1.25. The molecule has 11 nitrogen and oxygen atoms in total. The number of pyridine rings is 3. The van der Waals surface area contributed by atoms with Crippen LogP contribution in [0.15, 0.2) is 65.6 Å². The second-order valence-electron chi connectivity index (χ2n) is 8.44. The molecule has 0 fully saturated rings. The molecule has 4 aromatic rings. The van der Waals surface area contributed by atoms with Gasteiger partial charge in [-0.1, -0.05) is 17.3 Å². The van der Waals surface area contributed by atoms with Crippen LogP contribution in [0.25, 0.3) is 11.3 Å². The van der Waals surface area contributed by atoms with E-state index in [0.29, 0.717) is 29.3 Å². The van der Waals surface area contributed by atoms with Gasteiger partial charge in [-0.25, -0.2) is 18.6 Å². The Morgan fingerprint density at radius 2 is 2.08 bits per heavy atom. The quantitative estimate of drug-likeness (QED) is 0.238. The minimum atomic E-state index is -4.63. The van der Waals surface area contributed by atoms with Crippen LogP contribution in [-0.2, 0) is 28.7 Å². The maximum atomic E-state index is 11.0. The average molecular weight is 510 g/mol. The number of aromatic nitrogens is 4. The van der Waals surface area contributed by atoms with E-state index in [0.717, 1.165) is 30.5 Å². The van der Waals surface area contributed by atoms with E-state index in [-0.39, 0.29) is 11.9 Å². The molecule has 0 saturated carbocycles. The molecule has 0 bridgehead atoms. The van der Waals surface area contributed by atoms with Crippen LogP contribution in [0, 0.1) is 0 Å². The number of rotatable bonds is 8. The van der Waals surface area contributed by atoms with Crippen LogP contribution in [0.2, 0.25) is 0 Å². The Hall–Kier alpha value is -3.63. The minimum Gasteiger partial charge on any atom is -0.468 e. The van der Waals surface area contributed by atoms with Gasteiger partial charge in [0.05, 0.1) is 17.6 Å². The monoisotopic (exact) mass is 510 g/mol. The number of aryl methyl sites for hydroxylation is 1. The number of hydrogen-bond donors (Lipinski definition) is 3. The van der Waals surface area contributed by atoms with Gasteiger partial charge < -0.3 is 19.0 Å². The topological polar surface area (TPSA) is 158 Å². The lowest BCUT2D eigenvalue weighted by atomic mass is 9.94. The van der Waals surface area contributed by atoms with E-state index in [1.165, 1.54) is 10.1 Å². The molecule has 1 unspecified atom stereocenters. The number of hydrogen-bond acceptors (Lipinski definition) is 8. The molecule has 12 heteroatoms. The van der Waals surface area contributed by atoms with Gasteiger partial charge in [-0.05, 0) is 48.6 Å². The third-order valence-electron chi connectivity index (χ3n) is 5.89. The normalized spacial score (nSPS) is 15.4. The molecular weight excluding hydrogens is 485 g/mol. The van der Waals surface area contributed by atoms with Crippen LogP contribution < -0.4 is 15.0 Å². The van der Waals surface area contributed by atoms with Gasteiger partial charge in [0, 0.05) is 30.9 Å². The lowest BCUT2D eigenvalue weighted by Crippen LogP contribution is -2.38. The Labute approximate surface area is 206 Å². The van der Waals surface area contributed by atoms with Crippen molar-refractivity contribution < 1.29 is 32.7 Å². The largest absolute Gasteiger partial charge is 0.472 e. The molecule has 1 aliphatic carbocycles. The van der Waals surface area contributed by atoms with Gasteiger partial charge >= 0.3 is 7.82 Å². The fraction of sp³-hybridized carbons (Fsp3) is 0.250. The second-order valence-corrected chi connectivity index (χ2v) is 9.68. The zero-order chi connectivity index (χ0) is 25.1. The van der Waals surface area contributed by atoms with Crippen molar-refractivity contribution in [1.82, 2.24) is 15.1 Å². The third-order valence-corrected chi connectivity index (χ3v) is 6.34. The summed E-state index contributed by atoms with van der Waals surface area (Å²) in [5.41, 5.74) is 10.5. The van der Waals surface area contributed by atoms with E-state index in [2.05, 4.69) is 25.7 Å². The highest BCUT2D eigenvalue weighted by molar-refractivity contribution is 7.46. The third kappa shape index (κ3) is 5.60. The predicted octanol–water partition coefficient (Wildman–Crippen LogP) is 3.12. The Bertz CT molecular complexity index is 1400. The average Bonchev–Trinajstić information content (AvgIpc) is 3.32. The SMILES string of the molecule is Nc1c(-c2cc(Cc3ccc(OC4CCCc5cccnc54)nc3)no2)ccc[n+]1COP(=O)(O)O. The smallest absolute Gasteiger partial charge is 0.468 e. The van der Waals surface area contributed by atoms with Crippen molar-refractivity contribution in [2.75, 3.05) is 5.73 Å². The molecule has 1 aliphatic rings. The highest BCUT2D eigenvalue weighted by Crippen LogP contribution is 2.36. The van der Waals surface area contributed by atoms with E-state index in [4.69, 9.17) is 24.8 Å². The van der Waals surface area contributed by atoms with Gasteiger partial charge in [0.2, 0.25) is 12.6 Å². The molecule has 0 radical (unpaired) electrons. The van der Waals surface area contributed by atoms with Gasteiger partial charge in [-0.15, -0.1) is 0 Å². The minimum absolute atomic E-state index is 0.0995. The van der Waals surface area contributed by atoms with Crippen molar-refractivity contribution in [2.24, 2.45) is 0 Å². The van der Waals surface area contributed by atoms with Gasteiger partial charge in [0.25, 0.3) is 5.82 Å². The lowest BCUT2D eigenvalue weighted by molar-refractivity contribution is -0.711. The molecule has 4 aromatic heterocycles. The summed E-state index contributed by atoms with van der Waals surface area (Å²) in [6.07, 6.45) is 8.45. The van der Waals surface area contributed by atoms with Crippen molar-refractivity contribution in [3.8, 4) is 17.2 Å². The van der Waals surface area contributed by atoms with Crippen molar-refractivity contribution in [3.05, 3.63) is 83.6 Å². The van der Waals surface area contributed by atoms with Crippen LogP contribution in [0.5, 0.6) is 5.88 Å². The maximum absolute atomic E-state index is 11.0. The molecule has 5 rings (SSSR count). The van der Waals surface area contributed by atoms with Crippen LogP contribution in [-0.4, -0.2) is 24.9 Å². The number of ether oxygens (including phenoxy) is 1. The van der Waals surface area contributed by atoms with Crippen molar-refractivity contribution in [3.63, 3.8) is 0 Å². The van der Waals surface area contributed by atoms with Crippen molar-refractivity contribution in [2.45, 2.75) is 38.5 Å². The van der Waals surface area contributed by atoms with Gasteiger partial charge in [-0.3, -0.25) is 10.7 Å². The molecular formula is C24H25N5O6P+. The number of phosphoric acid groups is 1. The molecule has 0 saturated heterocycles. The number of nitrogens with zero attached hydrogens (tertiary/aromatic N) is 4. The fourth-order valence-electron chi connectivity index (χ4n) is 4.17. The highest BCUT2D eigenvalue weighted by Gasteiger charge is 2.24. The summed E-state index contributed by atoms with van der Waals surface area (Å²) >= 11 is 0. The summed E-state index contributed by atoms with van der Waals surface area (Å²) in [5, 5.41) is 4.12.